The maximum absolute atomic E-state index is 10.7. The van der Waals surface area contributed by atoms with E-state index in [4.69, 9.17) is 5.11 Å². The van der Waals surface area contributed by atoms with Gasteiger partial charge in [0.05, 0.1) is 23.8 Å². The molecule has 6 nitrogen and oxygen atoms in total. The van der Waals surface area contributed by atoms with Crippen molar-refractivity contribution in [2.45, 2.75) is 13.0 Å². The average molecular weight is 276 g/mol. The summed E-state index contributed by atoms with van der Waals surface area (Å²) in [5.74, 6) is 0. The number of hydrogen-bond acceptors (Lipinski definition) is 5. The van der Waals surface area contributed by atoms with Crippen LogP contribution >= 0.6 is 15.9 Å². The lowest BCUT2D eigenvalue weighted by molar-refractivity contribution is -0.384. The summed E-state index contributed by atoms with van der Waals surface area (Å²) in [5, 5.41) is 22.3. The van der Waals surface area contributed by atoms with Crippen LogP contribution in [0, 0.1) is 10.1 Å². The number of aromatic nitrogens is 1. The van der Waals surface area contributed by atoms with Crippen LogP contribution in [-0.2, 0) is 0 Å². The molecule has 0 fully saturated rings. The van der Waals surface area contributed by atoms with Crippen molar-refractivity contribution in [3.8, 4) is 0 Å². The van der Waals surface area contributed by atoms with Gasteiger partial charge in [-0.25, -0.2) is 4.98 Å². The first kappa shape index (κ1) is 11.9. The van der Waals surface area contributed by atoms with Gasteiger partial charge in [0.15, 0.2) is 0 Å². The van der Waals surface area contributed by atoms with Crippen LogP contribution < -0.4 is 5.32 Å². The van der Waals surface area contributed by atoms with Crippen LogP contribution in [0.2, 0.25) is 0 Å². The minimum absolute atomic E-state index is 0.0721. The minimum Gasteiger partial charge on any atom is -0.394 e. The summed E-state index contributed by atoms with van der Waals surface area (Å²) in [6.07, 6.45) is 1.36. The number of hydrogen-bond donors (Lipinski definition) is 2. The number of pyridine rings is 1. The molecule has 0 saturated heterocycles. The lowest BCUT2D eigenvalue weighted by atomic mass is 10.3. The van der Waals surface area contributed by atoms with Gasteiger partial charge in [-0.3, -0.25) is 10.1 Å². The summed E-state index contributed by atoms with van der Waals surface area (Å²) < 4.78 is 0.399. The molecule has 0 aromatic carbocycles. The van der Waals surface area contributed by atoms with E-state index in [0.29, 0.717) is 10.3 Å². The topological polar surface area (TPSA) is 88.3 Å². The molecule has 82 valence electrons. The Morgan fingerprint density at radius 1 is 1.80 bits per heavy atom. The van der Waals surface area contributed by atoms with Gasteiger partial charge in [0.25, 0.3) is 5.69 Å². The van der Waals surface area contributed by atoms with E-state index in [-0.39, 0.29) is 18.3 Å². The molecule has 15 heavy (non-hydrogen) atoms. The number of halogens is 1. The van der Waals surface area contributed by atoms with Gasteiger partial charge in [0.1, 0.15) is 10.3 Å². The molecule has 0 aliphatic rings. The van der Waals surface area contributed by atoms with E-state index < -0.39 is 4.92 Å². The second kappa shape index (κ2) is 5.04. The Balaban J connectivity index is 3.01. The minimum atomic E-state index is -0.501. The summed E-state index contributed by atoms with van der Waals surface area (Å²) >= 11 is 3.06. The maximum Gasteiger partial charge on any atom is 0.296 e. The molecule has 1 unspecified atom stereocenters. The van der Waals surface area contributed by atoms with Crippen LogP contribution in [0.5, 0.6) is 0 Å². The summed E-state index contributed by atoms with van der Waals surface area (Å²) in [4.78, 5) is 14.1. The molecular weight excluding hydrogens is 266 g/mol. The molecule has 2 N–H and O–H groups in total. The van der Waals surface area contributed by atoms with Crippen molar-refractivity contribution in [3.63, 3.8) is 0 Å². The molecule has 1 heterocycles. The van der Waals surface area contributed by atoms with Gasteiger partial charge in [0.2, 0.25) is 0 Å². The normalized spacial score (nSPS) is 12.2. The molecule has 0 bridgehead atoms. The number of aliphatic hydroxyl groups is 1. The second-order valence-corrected chi connectivity index (χ2v) is 3.82. The van der Waals surface area contributed by atoms with Gasteiger partial charge in [-0.15, -0.1) is 0 Å². The fraction of sp³-hybridized carbons (Fsp3) is 0.375. The molecule has 0 aliphatic heterocycles. The molecule has 0 radical (unpaired) electrons. The summed E-state index contributed by atoms with van der Waals surface area (Å²) in [6.45, 7) is 1.61. The third-order valence-electron chi connectivity index (χ3n) is 1.72. The summed E-state index contributed by atoms with van der Waals surface area (Å²) in [5.41, 5.74) is 0.224. The Bertz CT molecular complexity index is 372. The average Bonchev–Trinajstić information content (AvgIpc) is 2.20. The number of aliphatic hydroxyl groups excluding tert-OH is 1. The van der Waals surface area contributed by atoms with Gasteiger partial charge in [-0.2, -0.15) is 0 Å². The molecule has 0 aliphatic carbocycles. The van der Waals surface area contributed by atoms with Gasteiger partial charge in [0, 0.05) is 6.04 Å². The molecule has 1 rings (SSSR count). The predicted octanol–water partition coefficient (Wildman–Crippen LogP) is 1.54. The van der Waals surface area contributed by atoms with E-state index in [2.05, 4.69) is 26.2 Å². The van der Waals surface area contributed by atoms with E-state index in [9.17, 15) is 10.1 Å². The Labute approximate surface area is 94.6 Å². The van der Waals surface area contributed by atoms with Crippen molar-refractivity contribution >= 4 is 27.3 Å². The quantitative estimate of drug-likeness (QED) is 0.494. The van der Waals surface area contributed by atoms with Crippen molar-refractivity contribution in [1.82, 2.24) is 4.98 Å². The highest BCUT2D eigenvalue weighted by Crippen LogP contribution is 2.26. The van der Waals surface area contributed by atoms with Gasteiger partial charge in [-0.05, 0) is 22.9 Å². The Kier molecular flexibility index (Phi) is 3.98. The van der Waals surface area contributed by atoms with Crippen LogP contribution in [-0.4, -0.2) is 27.7 Å². The number of nitrogens with zero attached hydrogens (tertiary/aromatic N) is 2. The van der Waals surface area contributed by atoms with Crippen molar-refractivity contribution in [2.75, 3.05) is 11.9 Å². The maximum atomic E-state index is 10.7. The van der Waals surface area contributed by atoms with Gasteiger partial charge >= 0.3 is 0 Å². The third-order valence-corrected chi connectivity index (χ3v) is 2.15. The molecule has 0 spiro atoms. The highest BCUT2D eigenvalue weighted by Gasteiger charge is 2.16. The highest BCUT2D eigenvalue weighted by molar-refractivity contribution is 9.10. The van der Waals surface area contributed by atoms with E-state index in [0.717, 1.165) is 0 Å². The van der Waals surface area contributed by atoms with Crippen molar-refractivity contribution in [2.24, 2.45) is 0 Å². The summed E-state index contributed by atoms with van der Waals surface area (Å²) in [6, 6.07) is 1.05. The zero-order valence-corrected chi connectivity index (χ0v) is 9.56. The van der Waals surface area contributed by atoms with E-state index in [1.54, 1.807) is 6.92 Å². The largest absolute Gasteiger partial charge is 0.394 e. The van der Waals surface area contributed by atoms with Gasteiger partial charge < -0.3 is 10.4 Å². The third kappa shape index (κ3) is 3.14. The van der Waals surface area contributed by atoms with Crippen LogP contribution in [0.25, 0.3) is 0 Å². The molecule has 1 aromatic heterocycles. The van der Waals surface area contributed by atoms with Crippen LogP contribution in [0.3, 0.4) is 0 Å². The number of anilines is 1. The van der Waals surface area contributed by atoms with E-state index in [1.165, 1.54) is 12.3 Å². The SMILES string of the molecule is CC(CO)Nc1cnc(Br)cc1[N+](=O)[O-]. The van der Waals surface area contributed by atoms with Crippen LogP contribution in [0.15, 0.2) is 16.9 Å². The highest BCUT2D eigenvalue weighted by atomic mass is 79.9. The zero-order valence-electron chi connectivity index (χ0n) is 7.98. The van der Waals surface area contributed by atoms with E-state index >= 15 is 0 Å². The van der Waals surface area contributed by atoms with Gasteiger partial charge in [-0.1, -0.05) is 0 Å². The van der Waals surface area contributed by atoms with Crippen LogP contribution in [0.4, 0.5) is 11.4 Å². The fourth-order valence-corrected chi connectivity index (χ4v) is 1.31. The van der Waals surface area contributed by atoms with Crippen molar-refractivity contribution in [3.05, 3.63) is 27.0 Å². The predicted molar refractivity (Wildman–Crippen MR) is 58.8 cm³/mol. The Morgan fingerprint density at radius 3 is 3.00 bits per heavy atom. The number of nitrogens with one attached hydrogen (secondary N) is 1. The standard InChI is InChI=1S/C8H10BrN3O3/c1-5(4-13)11-6-3-10-8(9)2-7(6)12(14)15/h2-3,5,11,13H,4H2,1H3. The molecule has 1 aromatic rings. The molecule has 0 amide bonds. The first-order valence-corrected chi connectivity index (χ1v) is 5.01. The Morgan fingerprint density at radius 2 is 2.47 bits per heavy atom. The Hall–Kier alpha value is -1.21. The monoisotopic (exact) mass is 275 g/mol. The molecule has 0 saturated carbocycles. The fourth-order valence-electron chi connectivity index (χ4n) is 0.994. The molecule has 1 atom stereocenters. The zero-order chi connectivity index (χ0) is 11.4. The smallest absolute Gasteiger partial charge is 0.296 e. The van der Waals surface area contributed by atoms with Crippen molar-refractivity contribution < 1.29 is 10.0 Å². The summed E-state index contributed by atoms with van der Waals surface area (Å²) in [7, 11) is 0. The first-order chi connectivity index (χ1) is 7.04. The number of nitro groups is 1. The van der Waals surface area contributed by atoms with Crippen LogP contribution in [0.1, 0.15) is 6.92 Å². The molecular formula is C8H10BrN3O3. The number of rotatable bonds is 4. The molecule has 7 heteroatoms. The van der Waals surface area contributed by atoms with Crippen molar-refractivity contribution in [1.29, 1.82) is 0 Å². The lowest BCUT2D eigenvalue weighted by Gasteiger charge is -2.11. The second-order valence-electron chi connectivity index (χ2n) is 3.01. The lowest BCUT2D eigenvalue weighted by Crippen LogP contribution is -2.20. The first-order valence-electron chi connectivity index (χ1n) is 4.22. The van der Waals surface area contributed by atoms with E-state index in [1.807, 2.05) is 0 Å².